The molecular weight excluding hydrogens is 326 g/mol. The van der Waals surface area contributed by atoms with Gasteiger partial charge in [0, 0.05) is 24.5 Å². The SMILES string of the molecule is CCc1nn(CC)c(CN2CCCCC2CBr)c1Cl. The van der Waals surface area contributed by atoms with Gasteiger partial charge in [-0.15, -0.1) is 0 Å². The van der Waals surface area contributed by atoms with Gasteiger partial charge in [-0.05, 0) is 32.7 Å². The highest BCUT2D eigenvalue weighted by Gasteiger charge is 2.24. The Morgan fingerprint density at radius 3 is 2.79 bits per heavy atom. The van der Waals surface area contributed by atoms with Crippen LogP contribution in [0.3, 0.4) is 0 Å². The zero-order chi connectivity index (χ0) is 13.8. The van der Waals surface area contributed by atoms with Crippen molar-refractivity contribution in [1.82, 2.24) is 14.7 Å². The summed E-state index contributed by atoms with van der Waals surface area (Å²) in [4.78, 5) is 2.55. The van der Waals surface area contributed by atoms with E-state index in [-0.39, 0.29) is 0 Å². The number of hydrogen-bond donors (Lipinski definition) is 0. The van der Waals surface area contributed by atoms with Crippen LogP contribution >= 0.6 is 27.5 Å². The molecule has 0 aliphatic carbocycles. The van der Waals surface area contributed by atoms with Crippen LogP contribution in [0.15, 0.2) is 0 Å². The maximum absolute atomic E-state index is 6.50. The van der Waals surface area contributed by atoms with E-state index in [4.69, 9.17) is 11.6 Å². The average molecular weight is 349 g/mol. The number of halogens is 2. The van der Waals surface area contributed by atoms with Crippen LogP contribution in [0.2, 0.25) is 5.02 Å². The van der Waals surface area contributed by atoms with Gasteiger partial charge in [0.25, 0.3) is 0 Å². The van der Waals surface area contributed by atoms with Gasteiger partial charge in [-0.3, -0.25) is 9.58 Å². The van der Waals surface area contributed by atoms with Gasteiger partial charge in [-0.1, -0.05) is 40.9 Å². The molecule has 0 spiro atoms. The largest absolute Gasteiger partial charge is 0.294 e. The van der Waals surface area contributed by atoms with Crippen LogP contribution < -0.4 is 0 Å². The summed E-state index contributed by atoms with van der Waals surface area (Å²) in [5.74, 6) is 0. The molecule has 1 fully saturated rings. The van der Waals surface area contributed by atoms with E-state index in [1.54, 1.807) is 0 Å². The van der Waals surface area contributed by atoms with E-state index < -0.39 is 0 Å². The predicted molar refractivity (Wildman–Crippen MR) is 84.1 cm³/mol. The van der Waals surface area contributed by atoms with Crippen molar-refractivity contribution in [3.8, 4) is 0 Å². The fourth-order valence-electron chi connectivity index (χ4n) is 2.80. The van der Waals surface area contributed by atoms with E-state index in [0.717, 1.165) is 35.6 Å². The van der Waals surface area contributed by atoms with E-state index in [9.17, 15) is 0 Å². The third-order valence-electron chi connectivity index (χ3n) is 3.97. The highest BCUT2D eigenvalue weighted by Crippen LogP contribution is 2.26. The van der Waals surface area contributed by atoms with E-state index in [1.165, 1.54) is 31.5 Å². The second-order valence-electron chi connectivity index (χ2n) is 5.15. The molecule has 1 atom stereocenters. The Balaban J connectivity index is 2.19. The zero-order valence-corrected chi connectivity index (χ0v) is 14.2. The van der Waals surface area contributed by atoms with E-state index in [1.807, 2.05) is 0 Å². The first-order chi connectivity index (χ1) is 9.21. The topological polar surface area (TPSA) is 21.1 Å². The number of alkyl halides is 1. The van der Waals surface area contributed by atoms with Crippen LogP contribution in [0, 0.1) is 0 Å². The fourth-order valence-corrected chi connectivity index (χ4v) is 3.87. The molecule has 2 rings (SSSR count). The van der Waals surface area contributed by atoms with Crippen molar-refractivity contribution in [2.24, 2.45) is 0 Å². The molecular formula is C14H23BrClN3. The molecule has 0 aromatic carbocycles. The van der Waals surface area contributed by atoms with E-state index in [0.29, 0.717) is 6.04 Å². The predicted octanol–water partition coefficient (Wildman–Crippen LogP) is 3.87. The number of aryl methyl sites for hydroxylation is 2. The molecule has 1 saturated heterocycles. The molecule has 0 bridgehead atoms. The van der Waals surface area contributed by atoms with Gasteiger partial charge in [-0.2, -0.15) is 5.10 Å². The number of likely N-dealkylation sites (tertiary alicyclic amines) is 1. The molecule has 19 heavy (non-hydrogen) atoms. The Bertz CT molecular complexity index is 419. The maximum Gasteiger partial charge on any atom is 0.0863 e. The Hall–Kier alpha value is -0.0600. The average Bonchev–Trinajstić information content (AvgIpc) is 2.76. The highest BCUT2D eigenvalue weighted by molar-refractivity contribution is 9.09. The lowest BCUT2D eigenvalue weighted by atomic mass is 10.0. The van der Waals surface area contributed by atoms with Gasteiger partial charge in [0.15, 0.2) is 0 Å². The molecule has 1 aromatic heterocycles. The summed E-state index contributed by atoms with van der Waals surface area (Å²) in [6, 6.07) is 0.634. The van der Waals surface area contributed by atoms with Gasteiger partial charge in [0.1, 0.15) is 0 Å². The molecule has 1 aromatic rings. The lowest BCUT2D eigenvalue weighted by molar-refractivity contribution is 0.152. The molecule has 2 heterocycles. The minimum atomic E-state index is 0.634. The van der Waals surface area contributed by atoms with Gasteiger partial charge < -0.3 is 0 Å². The van der Waals surface area contributed by atoms with Crippen LogP contribution in [-0.2, 0) is 19.5 Å². The quantitative estimate of drug-likeness (QED) is 0.753. The molecule has 1 aliphatic rings. The third-order valence-corrected chi connectivity index (χ3v) is 5.16. The van der Waals surface area contributed by atoms with Gasteiger partial charge in [-0.25, -0.2) is 0 Å². The smallest absolute Gasteiger partial charge is 0.0863 e. The standard InChI is InChI=1S/C14H23BrClN3/c1-3-12-14(16)13(19(4-2)17-12)10-18-8-6-5-7-11(18)9-15/h11H,3-10H2,1-2H3. The Kier molecular flexibility index (Phi) is 5.72. The first-order valence-corrected chi connectivity index (χ1v) is 8.75. The summed E-state index contributed by atoms with van der Waals surface area (Å²) in [5, 5.41) is 6.53. The molecule has 1 unspecified atom stereocenters. The van der Waals surface area contributed by atoms with E-state index in [2.05, 4.69) is 44.5 Å². The molecule has 108 valence electrons. The van der Waals surface area contributed by atoms with Crippen LogP contribution in [0.4, 0.5) is 0 Å². The van der Waals surface area contributed by atoms with Gasteiger partial charge >= 0.3 is 0 Å². The number of nitrogens with zero attached hydrogens (tertiary/aromatic N) is 3. The maximum atomic E-state index is 6.50. The van der Waals surface area contributed by atoms with Crippen molar-refractivity contribution in [3.05, 3.63) is 16.4 Å². The summed E-state index contributed by atoms with van der Waals surface area (Å²) in [6.45, 7) is 7.23. The van der Waals surface area contributed by atoms with Crippen LogP contribution in [-0.4, -0.2) is 32.6 Å². The molecule has 3 nitrogen and oxygen atoms in total. The van der Waals surface area contributed by atoms with Crippen LogP contribution in [0.1, 0.15) is 44.5 Å². The normalized spacial score (nSPS) is 20.9. The van der Waals surface area contributed by atoms with Crippen LogP contribution in [0.25, 0.3) is 0 Å². The number of hydrogen-bond acceptors (Lipinski definition) is 2. The van der Waals surface area contributed by atoms with E-state index >= 15 is 0 Å². The number of rotatable bonds is 5. The third kappa shape index (κ3) is 3.34. The summed E-state index contributed by atoms with van der Waals surface area (Å²) < 4.78 is 2.07. The minimum absolute atomic E-state index is 0.634. The Morgan fingerprint density at radius 2 is 2.16 bits per heavy atom. The first kappa shape index (κ1) is 15.3. The lowest BCUT2D eigenvalue weighted by Crippen LogP contribution is -2.40. The van der Waals surface area contributed by atoms with Crippen molar-refractivity contribution >= 4 is 27.5 Å². The summed E-state index contributed by atoms with van der Waals surface area (Å²) in [5.41, 5.74) is 2.22. The fraction of sp³-hybridized carbons (Fsp3) is 0.786. The van der Waals surface area contributed by atoms with Gasteiger partial charge in [0.05, 0.1) is 16.4 Å². The molecule has 1 aliphatic heterocycles. The number of aromatic nitrogens is 2. The Morgan fingerprint density at radius 1 is 1.37 bits per heavy atom. The molecule has 0 saturated carbocycles. The monoisotopic (exact) mass is 347 g/mol. The molecule has 0 radical (unpaired) electrons. The zero-order valence-electron chi connectivity index (χ0n) is 11.8. The van der Waals surface area contributed by atoms with Crippen molar-refractivity contribution in [3.63, 3.8) is 0 Å². The number of piperidine rings is 1. The first-order valence-electron chi connectivity index (χ1n) is 7.25. The molecule has 5 heteroatoms. The summed E-state index contributed by atoms with van der Waals surface area (Å²) in [7, 11) is 0. The second-order valence-corrected chi connectivity index (χ2v) is 6.18. The summed E-state index contributed by atoms with van der Waals surface area (Å²) in [6.07, 6.45) is 4.82. The van der Waals surface area contributed by atoms with Gasteiger partial charge in [0.2, 0.25) is 0 Å². The minimum Gasteiger partial charge on any atom is -0.294 e. The van der Waals surface area contributed by atoms with Crippen molar-refractivity contribution in [1.29, 1.82) is 0 Å². The van der Waals surface area contributed by atoms with Crippen molar-refractivity contribution in [2.45, 2.75) is 58.7 Å². The Labute approximate surface area is 129 Å². The van der Waals surface area contributed by atoms with Crippen molar-refractivity contribution in [2.75, 3.05) is 11.9 Å². The van der Waals surface area contributed by atoms with Crippen LogP contribution in [0.5, 0.6) is 0 Å². The highest BCUT2D eigenvalue weighted by atomic mass is 79.9. The second kappa shape index (κ2) is 7.09. The lowest BCUT2D eigenvalue weighted by Gasteiger charge is -2.34. The van der Waals surface area contributed by atoms with Crippen molar-refractivity contribution < 1.29 is 0 Å². The molecule has 0 N–H and O–H groups in total. The molecule has 0 amide bonds. The summed E-state index contributed by atoms with van der Waals surface area (Å²) >= 11 is 10.1.